The standard InChI is InChI=1S/C10H9Cl2N3S/c11-7-3-6(4-8(12)9(7)13)5-15-2-1-14-10(15)16/h1-4H,5,13H2,(H,14,16). The van der Waals surface area contributed by atoms with Crippen LogP contribution >= 0.6 is 35.8 Å². The molecule has 0 saturated heterocycles. The quantitative estimate of drug-likeness (QED) is 0.652. The smallest absolute Gasteiger partial charge is 0.165 e. The number of hydrogen-bond donors (Lipinski definition) is 2. The van der Waals surface area contributed by atoms with Gasteiger partial charge >= 0.3 is 0 Å². The van der Waals surface area contributed by atoms with Gasteiger partial charge in [0.15, 0.2) is 5.16 Å². The number of imidazole rings is 1. The third kappa shape index (κ3) is 2.29. The molecule has 0 aliphatic heterocycles. The van der Waals surface area contributed by atoms with E-state index in [0.29, 0.717) is 27.4 Å². The fraction of sp³-hybridized carbons (Fsp3) is 0.100. The third-order valence-corrected chi connectivity index (χ3v) is 3.18. The van der Waals surface area contributed by atoms with Crippen molar-refractivity contribution in [3.8, 4) is 0 Å². The van der Waals surface area contributed by atoms with E-state index < -0.39 is 0 Å². The number of thiol groups is 1. The van der Waals surface area contributed by atoms with Gasteiger partial charge in [0.25, 0.3) is 0 Å². The maximum atomic E-state index is 5.95. The van der Waals surface area contributed by atoms with Crippen LogP contribution < -0.4 is 5.73 Å². The molecule has 3 nitrogen and oxygen atoms in total. The van der Waals surface area contributed by atoms with E-state index in [1.165, 1.54) is 0 Å². The summed E-state index contributed by atoms with van der Waals surface area (Å²) in [5, 5.41) is 1.57. The van der Waals surface area contributed by atoms with Crippen LogP contribution in [0.5, 0.6) is 0 Å². The van der Waals surface area contributed by atoms with E-state index in [2.05, 4.69) is 17.6 Å². The minimum Gasteiger partial charge on any atom is -0.396 e. The molecular formula is C10H9Cl2N3S. The number of nitrogens with zero attached hydrogens (tertiary/aromatic N) is 2. The van der Waals surface area contributed by atoms with E-state index in [4.69, 9.17) is 28.9 Å². The number of aromatic nitrogens is 2. The molecule has 0 aliphatic rings. The van der Waals surface area contributed by atoms with Crippen molar-refractivity contribution < 1.29 is 0 Å². The Morgan fingerprint density at radius 2 is 1.94 bits per heavy atom. The molecule has 1 heterocycles. The fourth-order valence-corrected chi connectivity index (χ4v) is 2.11. The van der Waals surface area contributed by atoms with E-state index in [0.717, 1.165) is 5.56 Å². The number of anilines is 1. The normalized spacial score (nSPS) is 10.7. The van der Waals surface area contributed by atoms with Gasteiger partial charge in [0, 0.05) is 18.9 Å². The molecule has 0 fully saturated rings. The van der Waals surface area contributed by atoms with Crippen LogP contribution in [-0.4, -0.2) is 9.55 Å². The Balaban J connectivity index is 2.33. The summed E-state index contributed by atoms with van der Waals surface area (Å²) in [6.07, 6.45) is 3.52. The number of benzene rings is 1. The van der Waals surface area contributed by atoms with Gasteiger partial charge in [-0.15, -0.1) is 12.6 Å². The predicted octanol–water partition coefficient (Wildman–Crippen LogP) is 3.11. The lowest BCUT2D eigenvalue weighted by Crippen LogP contribution is -2.00. The van der Waals surface area contributed by atoms with Crippen LogP contribution in [0.4, 0.5) is 5.69 Å². The van der Waals surface area contributed by atoms with Crippen molar-refractivity contribution in [1.29, 1.82) is 0 Å². The molecule has 2 rings (SSSR count). The zero-order valence-corrected chi connectivity index (χ0v) is 10.6. The van der Waals surface area contributed by atoms with Crippen molar-refractivity contribution in [2.45, 2.75) is 11.7 Å². The Hall–Kier alpha value is -0.840. The molecule has 0 saturated carbocycles. The maximum Gasteiger partial charge on any atom is 0.165 e. The van der Waals surface area contributed by atoms with Crippen molar-refractivity contribution in [2.24, 2.45) is 0 Å². The summed E-state index contributed by atoms with van der Waals surface area (Å²) in [6, 6.07) is 3.58. The van der Waals surface area contributed by atoms with E-state index in [1.807, 2.05) is 10.8 Å². The first kappa shape index (κ1) is 11.6. The van der Waals surface area contributed by atoms with E-state index >= 15 is 0 Å². The highest BCUT2D eigenvalue weighted by atomic mass is 35.5. The molecule has 0 bridgehead atoms. The summed E-state index contributed by atoms with van der Waals surface area (Å²) in [5.74, 6) is 0. The molecule has 6 heteroatoms. The predicted molar refractivity (Wildman–Crippen MR) is 69.5 cm³/mol. The first-order valence-corrected chi connectivity index (χ1v) is 5.71. The van der Waals surface area contributed by atoms with Crippen LogP contribution in [0.1, 0.15) is 5.56 Å². The SMILES string of the molecule is Nc1c(Cl)cc(Cn2ccnc2S)cc1Cl. The Labute approximate surface area is 109 Å². The lowest BCUT2D eigenvalue weighted by molar-refractivity contribution is 0.711. The highest BCUT2D eigenvalue weighted by Crippen LogP contribution is 2.29. The fourth-order valence-electron chi connectivity index (χ4n) is 1.37. The molecule has 1 aromatic carbocycles. The monoisotopic (exact) mass is 273 g/mol. The van der Waals surface area contributed by atoms with Crippen LogP contribution in [0.3, 0.4) is 0 Å². The van der Waals surface area contributed by atoms with Crippen molar-refractivity contribution in [1.82, 2.24) is 9.55 Å². The maximum absolute atomic E-state index is 5.95. The largest absolute Gasteiger partial charge is 0.396 e. The molecule has 0 spiro atoms. The number of nitrogen functional groups attached to an aromatic ring is 1. The number of rotatable bonds is 2. The van der Waals surface area contributed by atoms with E-state index in [-0.39, 0.29) is 0 Å². The summed E-state index contributed by atoms with van der Waals surface area (Å²) < 4.78 is 1.88. The topological polar surface area (TPSA) is 43.8 Å². The molecule has 16 heavy (non-hydrogen) atoms. The van der Waals surface area contributed by atoms with Gasteiger partial charge in [0.2, 0.25) is 0 Å². The summed E-state index contributed by atoms with van der Waals surface area (Å²) in [7, 11) is 0. The highest BCUT2D eigenvalue weighted by Gasteiger charge is 2.06. The van der Waals surface area contributed by atoms with Gasteiger partial charge in [0.1, 0.15) is 0 Å². The zero-order valence-electron chi connectivity index (χ0n) is 8.19. The molecular weight excluding hydrogens is 265 g/mol. The average molecular weight is 274 g/mol. The molecule has 84 valence electrons. The van der Waals surface area contributed by atoms with Gasteiger partial charge in [-0.1, -0.05) is 23.2 Å². The second-order valence-electron chi connectivity index (χ2n) is 3.33. The second-order valence-corrected chi connectivity index (χ2v) is 4.54. The van der Waals surface area contributed by atoms with E-state index in [9.17, 15) is 0 Å². The number of nitrogens with two attached hydrogens (primary N) is 1. The average Bonchev–Trinajstić information content (AvgIpc) is 2.61. The van der Waals surface area contributed by atoms with Gasteiger partial charge in [-0.25, -0.2) is 4.98 Å². The number of hydrogen-bond acceptors (Lipinski definition) is 3. The van der Waals surface area contributed by atoms with Crippen molar-refractivity contribution in [2.75, 3.05) is 5.73 Å². The first-order chi connectivity index (χ1) is 7.58. The van der Waals surface area contributed by atoms with Gasteiger partial charge in [-0.3, -0.25) is 0 Å². The van der Waals surface area contributed by atoms with Gasteiger partial charge in [-0.05, 0) is 17.7 Å². The lowest BCUT2D eigenvalue weighted by Gasteiger charge is -2.08. The van der Waals surface area contributed by atoms with Crippen molar-refractivity contribution in [3.63, 3.8) is 0 Å². The van der Waals surface area contributed by atoms with Crippen LogP contribution in [0, 0.1) is 0 Å². The Morgan fingerprint density at radius 3 is 2.44 bits per heavy atom. The molecule has 0 amide bonds. The highest BCUT2D eigenvalue weighted by molar-refractivity contribution is 7.80. The number of halogens is 2. The van der Waals surface area contributed by atoms with Crippen LogP contribution in [0.15, 0.2) is 29.7 Å². The molecule has 0 unspecified atom stereocenters. The van der Waals surface area contributed by atoms with Gasteiger partial charge < -0.3 is 10.3 Å². The molecule has 1 aromatic heterocycles. The summed E-state index contributed by atoms with van der Waals surface area (Å²) in [4.78, 5) is 4.01. The van der Waals surface area contributed by atoms with Crippen LogP contribution in [0.25, 0.3) is 0 Å². The summed E-state index contributed by atoms with van der Waals surface area (Å²) >= 11 is 16.1. The summed E-state index contributed by atoms with van der Waals surface area (Å²) in [6.45, 7) is 0.610. The first-order valence-electron chi connectivity index (χ1n) is 4.51. The van der Waals surface area contributed by atoms with Crippen molar-refractivity contribution >= 4 is 41.5 Å². The Bertz CT molecular complexity index is 502. The van der Waals surface area contributed by atoms with Gasteiger partial charge in [0.05, 0.1) is 15.7 Å². The second kappa shape index (κ2) is 4.57. The molecule has 0 radical (unpaired) electrons. The minimum absolute atomic E-state index is 0.406. The molecule has 2 N–H and O–H groups in total. The Morgan fingerprint density at radius 1 is 1.31 bits per heavy atom. The van der Waals surface area contributed by atoms with Crippen LogP contribution in [-0.2, 0) is 6.54 Å². The zero-order chi connectivity index (χ0) is 11.7. The lowest BCUT2D eigenvalue weighted by atomic mass is 10.2. The van der Waals surface area contributed by atoms with Gasteiger partial charge in [-0.2, -0.15) is 0 Å². The third-order valence-electron chi connectivity index (χ3n) is 2.19. The molecule has 2 aromatic rings. The van der Waals surface area contributed by atoms with Crippen molar-refractivity contribution in [3.05, 3.63) is 40.1 Å². The minimum atomic E-state index is 0.406. The van der Waals surface area contributed by atoms with E-state index in [1.54, 1.807) is 18.3 Å². The molecule has 0 atom stereocenters. The van der Waals surface area contributed by atoms with Crippen LogP contribution in [0.2, 0.25) is 10.0 Å². The molecule has 0 aliphatic carbocycles. The Kier molecular flexibility index (Phi) is 3.33. The summed E-state index contributed by atoms with van der Waals surface area (Å²) in [5.41, 5.74) is 7.02.